The van der Waals surface area contributed by atoms with Gasteiger partial charge < -0.3 is 9.73 Å². The van der Waals surface area contributed by atoms with E-state index in [1.165, 1.54) is 11.8 Å². The molecule has 2 aromatic heterocycles. The van der Waals surface area contributed by atoms with E-state index in [9.17, 15) is 4.79 Å². The van der Waals surface area contributed by atoms with E-state index >= 15 is 0 Å². The zero-order valence-electron chi connectivity index (χ0n) is 14.8. The van der Waals surface area contributed by atoms with E-state index in [1.807, 2.05) is 34.9 Å². The molecule has 1 aromatic carbocycles. The Morgan fingerprint density at radius 1 is 1.33 bits per heavy atom. The monoisotopic (exact) mass is 446 g/mol. The third-order valence-corrected chi connectivity index (χ3v) is 5.22. The van der Waals surface area contributed by atoms with Crippen LogP contribution in [-0.2, 0) is 17.8 Å². The molecule has 0 aliphatic rings. The number of carbonyl (C=O) groups excluding carboxylic acids is 1. The van der Waals surface area contributed by atoms with Crippen LogP contribution in [0.4, 0.5) is 5.69 Å². The summed E-state index contributed by atoms with van der Waals surface area (Å²) in [4.78, 5) is 12.4. The summed E-state index contributed by atoms with van der Waals surface area (Å²) in [5, 5.41) is 12.0. The minimum Gasteiger partial charge on any atom is -0.446 e. The molecule has 0 bridgehead atoms. The Morgan fingerprint density at radius 3 is 2.85 bits per heavy atom. The van der Waals surface area contributed by atoms with Gasteiger partial charge in [0.05, 0.1) is 5.75 Å². The first kappa shape index (κ1) is 19.4. The molecule has 0 spiro atoms. The minimum atomic E-state index is -0.0867. The lowest BCUT2D eigenvalue weighted by atomic mass is 10.1. The summed E-state index contributed by atoms with van der Waals surface area (Å²) in [6, 6.07) is 11.4. The van der Waals surface area contributed by atoms with Crippen molar-refractivity contribution in [3.63, 3.8) is 0 Å². The Morgan fingerprint density at radius 2 is 2.15 bits per heavy atom. The number of amides is 1. The van der Waals surface area contributed by atoms with Gasteiger partial charge in [0.15, 0.2) is 15.6 Å². The number of furan rings is 1. The normalized spacial score (nSPS) is 10.7. The fourth-order valence-corrected chi connectivity index (χ4v) is 3.63. The van der Waals surface area contributed by atoms with E-state index in [0.717, 1.165) is 17.7 Å². The van der Waals surface area contributed by atoms with Crippen LogP contribution in [0.3, 0.4) is 0 Å². The Labute approximate surface area is 170 Å². The van der Waals surface area contributed by atoms with Crippen LogP contribution in [0.5, 0.6) is 0 Å². The number of nitrogens with one attached hydrogen (secondary N) is 1. The molecule has 0 unspecified atom stereocenters. The zero-order chi connectivity index (χ0) is 19.2. The number of aromatic nitrogens is 3. The number of hydrogen-bond donors (Lipinski definition) is 1. The molecule has 140 valence electrons. The predicted molar refractivity (Wildman–Crippen MR) is 111 cm³/mol. The van der Waals surface area contributed by atoms with Crippen LogP contribution in [0.1, 0.15) is 12.5 Å². The molecule has 0 saturated carbocycles. The number of carbonyl (C=O) groups is 1. The van der Waals surface area contributed by atoms with Crippen molar-refractivity contribution in [2.24, 2.45) is 0 Å². The Kier molecular flexibility index (Phi) is 6.52. The first-order valence-corrected chi connectivity index (χ1v) is 10.2. The van der Waals surface area contributed by atoms with Crippen molar-refractivity contribution in [3.8, 4) is 11.6 Å². The SMILES string of the molecule is C=CCn1c(SCC(=O)Nc2ccccc2CC)nnc1-c1ccc(Br)o1. The average Bonchev–Trinajstić information content (AvgIpc) is 3.27. The summed E-state index contributed by atoms with van der Waals surface area (Å²) >= 11 is 4.62. The standard InChI is InChI=1S/C19H19BrN4O2S/c1-3-11-24-18(15-9-10-16(20)26-15)22-23-19(24)27-12-17(25)21-14-8-6-5-7-13(14)4-2/h3,5-10H,1,4,11-12H2,2H3,(H,21,25). The molecule has 0 saturated heterocycles. The summed E-state index contributed by atoms with van der Waals surface area (Å²) in [6.45, 7) is 6.36. The summed E-state index contributed by atoms with van der Waals surface area (Å²) in [5.74, 6) is 1.34. The van der Waals surface area contributed by atoms with E-state index in [2.05, 4.69) is 44.9 Å². The molecular formula is C19H19BrN4O2S. The molecular weight excluding hydrogens is 428 g/mol. The lowest BCUT2D eigenvalue weighted by Crippen LogP contribution is -2.15. The molecule has 3 rings (SSSR count). The van der Waals surface area contributed by atoms with Gasteiger partial charge in [-0.05, 0) is 46.1 Å². The predicted octanol–water partition coefficient (Wildman–Crippen LogP) is 4.78. The Balaban J connectivity index is 1.71. The van der Waals surface area contributed by atoms with Crippen LogP contribution in [0.15, 0.2) is 63.3 Å². The van der Waals surface area contributed by atoms with Crippen LogP contribution < -0.4 is 5.32 Å². The number of para-hydroxylation sites is 1. The number of aryl methyl sites for hydroxylation is 1. The van der Waals surface area contributed by atoms with Gasteiger partial charge in [-0.3, -0.25) is 9.36 Å². The summed E-state index contributed by atoms with van der Waals surface area (Å²) in [5.41, 5.74) is 1.95. The topological polar surface area (TPSA) is 73.0 Å². The number of allylic oxidation sites excluding steroid dienone is 1. The van der Waals surface area contributed by atoms with Gasteiger partial charge in [0, 0.05) is 12.2 Å². The van der Waals surface area contributed by atoms with E-state index < -0.39 is 0 Å². The van der Waals surface area contributed by atoms with E-state index in [4.69, 9.17) is 4.42 Å². The lowest BCUT2D eigenvalue weighted by molar-refractivity contribution is -0.113. The highest BCUT2D eigenvalue weighted by Gasteiger charge is 2.17. The fraction of sp³-hybridized carbons (Fsp3) is 0.211. The van der Waals surface area contributed by atoms with Crippen LogP contribution in [0.25, 0.3) is 11.6 Å². The average molecular weight is 447 g/mol. The van der Waals surface area contributed by atoms with Crippen molar-refractivity contribution in [3.05, 3.63) is 59.3 Å². The van der Waals surface area contributed by atoms with Gasteiger partial charge in [0.1, 0.15) is 0 Å². The lowest BCUT2D eigenvalue weighted by Gasteiger charge is -2.10. The second-order valence-corrected chi connectivity index (χ2v) is 7.38. The molecule has 27 heavy (non-hydrogen) atoms. The smallest absolute Gasteiger partial charge is 0.234 e. The third kappa shape index (κ3) is 4.70. The van der Waals surface area contributed by atoms with Crippen LogP contribution in [0.2, 0.25) is 0 Å². The molecule has 0 radical (unpaired) electrons. The van der Waals surface area contributed by atoms with Crippen molar-refractivity contribution in [2.75, 3.05) is 11.1 Å². The second-order valence-electron chi connectivity index (χ2n) is 5.66. The molecule has 8 heteroatoms. The number of halogens is 1. The Hall–Kier alpha value is -2.32. The Bertz CT molecular complexity index is 951. The zero-order valence-corrected chi connectivity index (χ0v) is 17.2. The maximum Gasteiger partial charge on any atom is 0.234 e. The van der Waals surface area contributed by atoms with Crippen LogP contribution in [-0.4, -0.2) is 26.4 Å². The second kappa shape index (κ2) is 9.05. The highest BCUT2D eigenvalue weighted by Crippen LogP contribution is 2.27. The van der Waals surface area contributed by atoms with Crippen LogP contribution >= 0.6 is 27.7 Å². The summed E-state index contributed by atoms with van der Waals surface area (Å²) in [7, 11) is 0. The van der Waals surface area contributed by atoms with Gasteiger partial charge in [-0.2, -0.15) is 0 Å². The fourth-order valence-electron chi connectivity index (χ4n) is 2.57. The maximum absolute atomic E-state index is 12.4. The summed E-state index contributed by atoms with van der Waals surface area (Å²) in [6.07, 6.45) is 2.62. The van der Waals surface area contributed by atoms with Crippen molar-refractivity contribution in [2.45, 2.75) is 25.0 Å². The van der Waals surface area contributed by atoms with Gasteiger partial charge in [-0.25, -0.2) is 0 Å². The van der Waals surface area contributed by atoms with Gasteiger partial charge in [-0.15, -0.1) is 16.8 Å². The summed E-state index contributed by atoms with van der Waals surface area (Å²) < 4.78 is 8.06. The molecule has 3 aromatic rings. The van der Waals surface area contributed by atoms with E-state index in [0.29, 0.717) is 28.0 Å². The molecule has 0 fully saturated rings. The number of anilines is 1. The van der Waals surface area contributed by atoms with E-state index in [-0.39, 0.29) is 11.7 Å². The number of rotatable bonds is 8. The maximum atomic E-state index is 12.4. The van der Waals surface area contributed by atoms with E-state index in [1.54, 1.807) is 12.1 Å². The number of nitrogens with zero attached hydrogens (tertiary/aromatic N) is 3. The van der Waals surface area contributed by atoms with Crippen molar-refractivity contribution in [1.82, 2.24) is 14.8 Å². The highest BCUT2D eigenvalue weighted by atomic mass is 79.9. The van der Waals surface area contributed by atoms with Gasteiger partial charge in [0.25, 0.3) is 0 Å². The van der Waals surface area contributed by atoms with Crippen molar-refractivity contribution < 1.29 is 9.21 Å². The van der Waals surface area contributed by atoms with Crippen molar-refractivity contribution >= 4 is 39.3 Å². The molecule has 0 aliphatic carbocycles. The largest absolute Gasteiger partial charge is 0.446 e. The van der Waals surface area contributed by atoms with Crippen LogP contribution in [0, 0.1) is 0 Å². The number of hydrogen-bond acceptors (Lipinski definition) is 5. The van der Waals surface area contributed by atoms with Gasteiger partial charge >= 0.3 is 0 Å². The van der Waals surface area contributed by atoms with Gasteiger partial charge in [-0.1, -0.05) is 43.0 Å². The molecule has 6 nitrogen and oxygen atoms in total. The third-order valence-electron chi connectivity index (χ3n) is 3.83. The molecule has 1 N–H and O–H groups in total. The number of thioether (sulfide) groups is 1. The van der Waals surface area contributed by atoms with Gasteiger partial charge in [0.2, 0.25) is 11.7 Å². The highest BCUT2D eigenvalue weighted by molar-refractivity contribution is 9.10. The molecule has 1 amide bonds. The molecule has 2 heterocycles. The molecule has 0 atom stereocenters. The molecule has 0 aliphatic heterocycles. The first-order chi connectivity index (χ1) is 13.1. The number of benzene rings is 1. The minimum absolute atomic E-state index is 0.0867. The quantitative estimate of drug-likeness (QED) is 0.398. The first-order valence-electron chi connectivity index (χ1n) is 8.42. The van der Waals surface area contributed by atoms with Crippen molar-refractivity contribution in [1.29, 1.82) is 0 Å².